The minimum absolute atomic E-state index is 0.0956. The smallest absolute Gasteiger partial charge is 0.266 e. The van der Waals surface area contributed by atoms with Gasteiger partial charge in [-0.1, -0.05) is 43.5 Å². The van der Waals surface area contributed by atoms with Crippen molar-refractivity contribution in [3.05, 3.63) is 93.8 Å². The highest BCUT2D eigenvalue weighted by atomic mass is 35.5. The fourth-order valence-electron chi connectivity index (χ4n) is 3.67. The average molecular weight is 557 g/mol. The van der Waals surface area contributed by atoms with Gasteiger partial charge in [0, 0.05) is 23.3 Å². The van der Waals surface area contributed by atoms with Crippen LogP contribution >= 0.6 is 11.6 Å². The summed E-state index contributed by atoms with van der Waals surface area (Å²) in [4.78, 5) is 40.0. The van der Waals surface area contributed by atoms with Crippen LogP contribution in [0.1, 0.15) is 68.5 Å². The SMILES string of the molecule is CCCCCc1cc(C(=O)NS(=O)(=O)c2ccc(C(=O)NCCc3ccc(Cl)cc3)cc2)cnc1C(=O)[O-]. The molecule has 11 heteroatoms. The second-order valence-corrected chi connectivity index (χ2v) is 10.7. The number of hydrogen-bond acceptors (Lipinski definition) is 7. The summed E-state index contributed by atoms with van der Waals surface area (Å²) in [5.74, 6) is -2.80. The van der Waals surface area contributed by atoms with Gasteiger partial charge in [-0.05, 0) is 72.9 Å². The van der Waals surface area contributed by atoms with Gasteiger partial charge >= 0.3 is 0 Å². The lowest BCUT2D eigenvalue weighted by molar-refractivity contribution is -0.255. The fourth-order valence-corrected chi connectivity index (χ4v) is 4.77. The van der Waals surface area contributed by atoms with Gasteiger partial charge in [-0.15, -0.1) is 0 Å². The van der Waals surface area contributed by atoms with Gasteiger partial charge in [0.1, 0.15) is 0 Å². The number of aromatic carboxylic acids is 1. The molecule has 0 atom stereocenters. The molecule has 0 saturated carbocycles. The summed E-state index contributed by atoms with van der Waals surface area (Å²) < 4.78 is 27.5. The average Bonchev–Trinajstić information content (AvgIpc) is 2.89. The third-order valence-electron chi connectivity index (χ3n) is 5.74. The summed E-state index contributed by atoms with van der Waals surface area (Å²) in [6.45, 7) is 2.37. The molecule has 2 amide bonds. The van der Waals surface area contributed by atoms with Crippen LogP contribution in [0.3, 0.4) is 0 Å². The van der Waals surface area contributed by atoms with Crippen molar-refractivity contribution in [3.8, 4) is 0 Å². The molecular formula is C27H27ClN3O6S-. The number of hydrogen-bond donors (Lipinski definition) is 2. The van der Waals surface area contributed by atoms with Gasteiger partial charge in [-0.25, -0.2) is 13.1 Å². The Morgan fingerprint density at radius 2 is 1.61 bits per heavy atom. The summed E-state index contributed by atoms with van der Waals surface area (Å²) in [6, 6.07) is 13.7. The highest BCUT2D eigenvalue weighted by Crippen LogP contribution is 2.16. The Balaban J connectivity index is 1.64. The minimum atomic E-state index is -4.27. The summed E-state index contributed by atoms with van der Waals surface area (Å²) in [7, 11) is -4.27. The molecule has 0 unspecified atom stereocenters. The van der Waals surface area contributed by atoms with E-state index in [1.165, 1.54) is 30.3 Å². The van der Waals surface area contributed by atoms with Gasteiger partial charge < -0.3 is 15.2 Å². The number of aromatic nitrogens is 1. The van der Waals surface area contributed by atoms with E-state index in [2.05, 4.69) is 10.3 Å². The van der Waals surface area contributed by atoms with E-state index in [0.29, 0.717) is 36.4 Å². The van der Waals surface area contributed by atoms with Crippen LogP contribution in [0.15, 0.2) is 65.7 Å². The number of carboxylic acid groups (broad SMARTS) is 1. The second kappa shape index (κ2) is 13.2. The van der Waals surface area contributed by atoms with E-state index >= 15 is 0 Å². The Hall–Kier alpha value is -3.76. The molecule has 3 aromatic rings. The number of carbonyl (C=O) groups is 3. The molecule has 0 aliphatic rings. The predicted octanol–water partition coefficient (Wildman–Crippen LogP) is 2.92. The van der Waals surface area contributed by atoms with E-state index in [9.17, 15) is 27.9 Å². The fraction of sp³-hybridized carbons (Fsp3) is 0.259. The van der Waals surface area contributed by atoms with Crippen molar-refractivity contribution in [2.45, 2.75) is 43.9 Å². The van der Waals surface area contributed by atoms with Gasteiger partial charge in [0.2, 0.25) is 0 Å². The normalized spacial score (nSPS) is 11.1. The Morgan fingerprint density at radius 3 is 2.24 bits per heavy atom. The van der Waals surface area contributed by atoms with Crippen molar-refractivity contribution < 1.29 is 27.9 Å². The molecular weight excluding hydrogens is 530 g/mol. The first-order valence-electron chi connectivity index (χ1n) is 12.0. The maximum absolute atomic E-state index is 12.8. The van der Waals surface area contributed by atoms with Crippen molar-refractivity contribution in [2.24, 2.45) is 0 Å². The van der Waals surface area contributed by atoms with Gasteiger partial charge in [-0.2, -0.15) is 0 Å². The number of nitrogens with one attached hydrogen (secondary N) is 2. The molecule has 9 nitrogen and oxygen atoms in total. The zero-order valence-corrected chi connectivity index (χ0v) is 22.3. The summed E-state index contributed by atoms with van der Waals surface area (Å²) in [5, 5.41) is 14.7. The number of benzene rings is 2. The Morgan fingerprint density at radius 1 is 0.921 bits per heavy atom. The van der Waals surface area contributed by atoms with E-state index in [1.807, 2.05) is 23.8 Å². The van der Waals surface area contributed by atoms with Crippen LogP contribution in [0.2, 0.25) is 5.02 Å². The van der Waals surface area contributed by atoms with Gasteiger partial charge in [0.05, 0.1) is 22.1 Å². The number of halogens is 1. The molecule has 0 fully saturated rings. The van der Waals surface area contributed by atoms with Crippen LogP contribution in [0, 0.1) is 0 Å². The lowest BCUT2D eigenvalue weighted by atomic mass is 10.0. The van der Waals surface area contributed by atoms with Gasteiger partial charge in [0.25, 0.3) is 21.8 Å². The van der Waals surface area contributed by atoms with Crippen molar-refractivity contribution in [1.29, 1.82) is 0 Å². The number of aryl methyl sites for hydroxylation is 1. The number of sulfonamides is 1. The number of carbonyl (C=O) groups excluding carboxylic acids is 3. The van der Waals surface area contributed by atoms with Crippen LogP contribution in [-0.2, 0) is 22.9 Å². The zero-order chi connectivity index (χ0) is 27.7. The lowest BCUT2D eigenvalue weighted by Crippen LogP contribution is -2.31. The van der Waals surface area contributed by atoms with Crippen LogP contribution < -0.4 is 15.1 Å². The maximum Gasteiger partial charge on any atom is 0.266 e. The largest absolute Gasteiger partial charge is 0.543 e. The van der Waals surface area contributed by atoms with Crippen LogP contribution in [-0.4, -0.2) is 37.7 Å². The molecule has 0 saturated heterocycles. The lowest BCUT2D eigenvalue weighted by Gasteiger charge is -2.12. The topological polar surface area (TPSA) is 145 Å². The highest BCUT2D eigenvalue weighted by molar-refractivity contribution is 7.90. The van der Waals surface area contributed by atoms with Gasteiger partial charge in [-0.3, -0.25) is 14.6 Å². The van der Waals surface area contributed by atoms with E-state index in [-0.39, 0.29) is 27.6 Å². The molecule has 200 valence electrons. The Bertz CT molecular complexity index is 1410. The van der Waals surface area contributed by atoms with Crippen molar-refractivity contribution >= 4 is 39.4 Å². The van der Waals surface area contributed by atoms with Crippen molar-refractivity contribution in [3.63, 3.8) is 0 Å². The first-order chi connectivity index (χ1) is 18.1. The van der Waals surface area contributed by atoms with Crippen LogP contribution in [0.25, 0.3) is 0 Å². The van der Waals surface area contributed by atoms with E-state index < -0.39 is 21.9 Å². The monoisotopic (exact) mass is 556 g/mol. The number of unbranched alkanes of at least 4 members (excludes halogenated alkanes) is 2. The standard InChI is InChI=1S/C27H28ClN3O6S/c1-2-3-4-5-20-16-21(17-30-24(20)27(34)35)26(33)31-38(36,37)23-12-8-19(9-13-23)25(32)29-15-14-18-6-10-22(28)11-7-18/h6-13,16-17H,2-5,14-15H2,1H3,(H,29,32)(H,31,33)(H,34,35)/p-1. The maximum atomic E-state index is 12.8. The highest BCUT2D eigenvalue weighted by Gasteiger charge is 2.21. The van der Waals surface area contributed by atoms with Crippen molar-refractivity contribution in [2.75, 3.05) is 6.54 Å². The summed E-state index contributed by atoms with van der Waals surface area (Å²) >= 11 is 5.86. The molecule has 38 heavy (non-hydrogen) atoms. The Labute approximate surface area is 226 Å². The number of nitrogens with zero attached hydrogens (tertiary/aromatic N) is 1. The molecule has 0 aliphatic heterocycles. The van der Waals surface area contributed by atoms with Crippen LogP contribution in [0.5, 0.6) is 0 Å². The van der Waals surface area contributed by atoms with E-state index in [4.69, 9.17) is 11.6 Å². The zero-order valence-electron chi connectivity index (χ0n) is 20.7. The molecule has 0 aliphatic carbocycles. The molecule has 3 rings (SSSR count). The molecule has 0 bridgehead atoms. The molecule has 2 aromatic carbocycles. The molecule has 1 aromatic heterocycles. The molecule has 0 spiro atoms. The first-order valence-corrected chi connectivity index (χ1v) is 13.9. The molecule has 0 radical (unpaired) electrons. The predicted molar refractivity (Wildman–Crippen MR) is 140 cm³/mol. The number of pyridine rings is 1. The third kappa shape index (κ3) is 7.87. The summed E-state index contributed by atoms with van der Waals surface area (Å²) in [5.41, 5.74) is 1.19. The Kier molecular flexibility index (Phi) is 9.98. The van der Waals surface area contributed by atoms with E-state index in [1.54, 1.807) is 12.1 Å². The molecule has 2 N–H and O–H groups in total. The number of rotatable bonds is 12. The van der Waals surface area contributed by atoms with Crippen LogP contribution in [0.4, 0.5) is 0 Å². The number of amides is 2. The number of carboxylic acids is 1. The van der Waals surface area contributed by atoms with Crippen molar-refractivity contribution in [1.82, 2.24) is 15.0 Å². The quantitative estimate of drug-likeness (QED) is 0.326. The second-order valence-electron chi connectivity index (χ2n) is 8.57. The minimum Gasteiger partial charge on any atom is -0.543 e. The molecule has 1 heterocycles. The van der Waals surface area contributed by atoms with E-state index in [0.717, 1.165) is 24.6 Å². The summed E-state index contributed by atoms with van der Waals surface area (Å²) in [6.07, 6.45) is 4.41. The third-order valence-corrected chi connectivity index (χ3v) is 7.34. The first kappa shape index (κ1) is 28.8. The van der Waals surface area contributed by atoms with Gasteiger partial charge in [0.15, 0.2) is 0 Å².